The zero-order chi connectivity index (χ0) is 13.0. The van der Waals surface area contributed by atoms with Crippen LogP contribution in [0, 0.1) is 0 Å². The Morgan fingerprint density at radius 1 is 1.22 bits per heavy atom. The monoisotopic (exact) mass is 243 g/mol. The van der Waals surface area contributed by atoms with E-state index in [1.807, 2.05) is 16.9 Å². The minimum absolute atomic E-state index is 0.0878. The number of rotatable bonds is 5. The zero-order valence-corrected chi connectivity index (χ0v) is 11.1. The van der Waals surface area contributed by atoms with Crippen molar-refractivity contribution in [3.05, 3.63) is 53.3 Å². The van der Waals surface area contributed by atoms with Gasteiger partial charge in [-0.2, -0.15) is 5.10 Å². The molecular weight excluding hydrogens is 222 g/mol. The van der Waals surface area contributed by atoms with Crippen LogP contribution in [0.3, 0.4) is 0 Å². The molecule has 0 aliphatic carbocycles. The Hall–Kier alpha value is -1.61. The third-order valence-electron chi connectivity index (χ3n) is 3.27. The van der Waals surface area contributed by atoms with E-state index < -0.39 is 0 Å². The van der Waals surface area contributed by atoms with Gasteiger partial charge in [0.2, 0.25) is 0 Å². The maximum atomic E-state index is 6.41. The van der Waals surface area contributed by atoms with Crippen molar-refractivity contribution in [1.29, 1.82) is 0 Å². The molecule has 2 N–H and O–H groups in total. The molecular formula is C15H21N3. The smallest absolute Gasteiger partial charge is 0.0725 e. The summed E-state index contributed by atoms with van der Waals surface area (Å²) in [6.45, 7) is 5.23. The number of hydrogen-bond donors (Lipinski definition) is 1. The normalized spacial score (nSPS) is 12.6. The maximum absolute atomic E-state index is 6.41. The van der Waals surface area contributed by atoms with Crippen LogP contribution >= 0.6 is 0 Å². The number of aryl methyl sites for hydroxylation is 2. The van der Waals surface area contributed by atoms with Gasteiger partial charge >= 0.3 is 0 Å². The first-order valence-corrected chi connectivity index (χ1v) is 6.63. The van der Waals surface area contributed by atoms with Gasteiger partial charge in [-0.15, -0.1) is 0 Å². The second-order valence-corrected chi connectivity index (χ2v) is 4.51. The molecule has 0 bridgehead atoms. The number of benzene rings is 1. The van der Waals surface area contributed by atoms with Crippen molar-refractivity contribution in [2.24, 2.45) is 5.73 Å². The van der Waals surface area contributed by atoms with Crippen molar-refractivity contribution >= 4 is 0 Å². The van der Waals surface area contributed by atoms with Gasteiger partial charge < -0.3 is 5.73 Å². The summed E-state index contributed by atoms with van der Waals surface area (Å²) in [6.07, 6.45) is 3.90. The van der Waals surface area contributed by atoms with Crippen LogP contribution in [0.2, 0.25) is 0 Å². The van der Waals surface area contributed by atoms with Crippen molar-refractivity contribution in [2.45, 2.75) is 39.3 Å². The molecule has 2 rings (SSSR count). The maximum Gasteiger partial charge on any atom is 0.0725 e. The lowest BCUT2D eigenvalue weighted by atomic mass is 9.97. The van der Waals surface area contributed by atoms with Gasteiger partial charge in [-0.3, -0.25) is 4.68 Å². The fourth-order valence-corrected chi connectivity index (χ4v) is 2.32. The van der Waals surface area contributed by atoms with Crippen molar-refractivity contribution in [3.63, 3.8) is 0 Å². The topological polar surface area (TPSA) is 43.8 Å². The molecule has 0 radical (unpaired) electrons. The summed E-state index contributed by atoms with van der Waals surface area (Å²) in [5, 5.41) is 4.34. The van der Waals surface area contributed by atoms with Crippen LogP contribution < -0.4 is 5.73 Å². The molecule has 0 saturated carbocycles. The van der Waals surface area contributed by atoms with Crippen LogP contribution in [0.5, 0.6) is 0 Å². The van der Waals surface area contributed by atoms with Gasteiger partial charge in [-0.25, -0.2) is 0 Å². The lowest BCUT2D eigenvalue weighted by Crippen LogP contribution is -2.19. The fraction of sp³-hybridized carbons (Fsp3) is 0.400. The lowest BCUT2D eigenvalue weighted by molar-refractivity contribution is 0.559. The van der Waals surface area contributed by atoms with Crippen molar-refractivity contribution in [3.8, 4) is 0 Å². The van der Waals surface area contributed by atoms with Crippen molar-refractivity contribution < 1.29 is 0 Å². The van der Waals surface area contributed by atoms with Crippen LogP contribution in [0.4, 0.5) is 0 Å². The highest BCUT2D eigenvalue weighted by Gasteiger charge is 2.15. The molecule has 0 aliphatic rings. The fourth-order valence-electron chi connectivity index (χ4n) is 2.32. The van der Waals surface area contributed by atoms with Crippen LogP contribution in [0.1, 0.15) is 43.1 Å². The second-order valence-electron chi connectivity index (χ2n) is 4.51. The van der Waals surface area contributed by atoms with Crippen LogP contribution in [0.15, 0.2) is 36.5 Å². The van der Waals surface area contributed by atoms with E-state index >= 15 is 0 Å². The van der Waals surface area contributed by atoms with E-state index in [-0.39, 0.29) is 6.04 Å². The summed E-state index contributed by atoms with van der Waals surface area (Å²) in [5.74, 6) is 0. The average Bonchev–Trinajstić information content (AvgIpc) is 2.86. The summed E-state index contributed by atoms with van der Waals surface area (Å²) >= 11 is 0. The molecule has 1 aromatic heterocycles. The standard InChI is InChI=1S/C15H21N3/c1-3-11-18-14(9-10-17-18)15(16)13-8-6-5-7-12(13)4-2/h5-10,15H,3-4,11,16H2,1-2H3. The van der Waals surface area contributed by atoms with E-state index in [9.17, 15) is 0 Å². The number of hydrogen-bond acceptors (Lipinski definition) is 2. The van der Waals surface area contributed by atoms with E-state index in [1.54, 1.807) is 0 Å². The summed E-state index contributed by atoms with van der Waals surface area (Å²) in [7, 11) is 0. The Labute approximate surface area is 109 Å². The molecule has 1 heterocycles. The highest BCUT2D eigenvalue weighted by Crippen LogP contribution is 2.23. The molecule has 18 heavy (non-hydrogen) atoms. The van der Waals surface area contributed by atoms with E-state index in [2.05, 4.69) is 43.2 Å². The predicted molar refractivity (Wildman–Crippen MR) is 74.4 cm³/mol. The summed E-state index contributed by atoms with van der Waals surface area (Å²) < 4.78 is 2.01. The molecule has 0 aliphatic heterocycles. The SMILES string of the molecule is CCCn1nccc1C(N)c1ccccc1CC. The molecule has 0 spiro atoms. The minimum Gasteiger partial charge on any atom is -0.319 e. The largest absolute Gasteiger partial charge is 0.319 e. The Morgan fingerprint density at radius 2 is 2.00 bits per heavy atom. The molecule has 0 saturated heterocycles. The average molecular weight is 243 g/mol. The Bertz CT molecular complexity index is 502. The number of nitrogens with zero attached hydrogens (tertiary/aromatic N) is 2. The van der Waals surface area contributed by atoms with Gasteiger partial charge in [0.05, 0.1) is 11.7 Å². The molecule has 0 amide bonds. The van der Waals surface area contributed by atoms with Gasteiger partial charge in [0.1, 0.15) is 0 Å². The molecule has 2 aromatic rings. The zero-order valence-electron chi connectivity index (χ0n) is 11.1. The first kappa shape index (κ1) is 12.8. The van der Waals surface area contributed by atoms with Crippen molar-refractivity contribution in [1.82, 2.24) is 9.78 Å². The predicted octanol–water partition coefficient (Wildman–Crippen LogP) is 2.90. The van der Waals surface area contributed by atoms with Gasteiger partial charge in [0.15, 0.2) is 0 Å². The molecule has 96 valence electrons. The molecule has 1 aromatic carbocycles. The van der Waals surface area contributed by atoms with Gasteiger partial charge in [0.25, 0.3) is 0 Å². The Kier molecular flexibility index (Phi) is 4.15. The molecule has 3 heteroatoms. The number of nitrogens with two attached hydrogens (primary N) is 1. The third kappa shape index (κ3) is 2.46. The van der Waals surface area contributed by atoms with E-state index in [0.717, 1.165) is 25.1 Å². The Balaban J connectivity index is 2.35. The molecule has 3 nitrogen and oxygen atoms in total. The molecule has 0 fully saturated rings. The second kappa shape index (κ2) is 5.83. The van der Waals surface area contributed by atoms with Crippen LogP contribution in [-0.4, -0.2) is 9.78 Å². The minimum atomic E-state index is -0.0878. The van der Waals surface area contributed by atoms with Crippen molar-refractivity contribution in [2.75, 3.05) is 0 Å². The first-order chi connectivity index (χ1) is 8.77. The first-order valence-electron chi connectivity index (χ1n) is 6.63. The van der Waals surface area contributed by atoms with E-state index in [0.29, 0.717) is 0 Å². The molecule has 1 unspecified atom stereocenters. The highest BCUT2D eigenvalue weighted by molar-refractivity contribution is 5.34. The van der Waals surface area contributed by atoms with Crippen LogP contribution in [0.25, 0.3) is 0 Å². The van der Waals surface area contributed by atoms with Gasteiger partial charge in [-0.1, -0.05) is 38.1 Å². The van der Waals surface area contributed by atoms with E-state index in [1.165, 1.54) is 11.1 Å². The third-order valence-corrected chi connectivity index (χ3v) is 3.27. The highest BCUT2D eigenvalue weighted by atomic mass is 15.3. The summed E-state index contributed by atoms with van der Waals surface area (Å²) in [4.78, 5) is 0. The molecule has 1 atom stereocenters. The van der Waals surface area contributed by atoms with Gasteiger partial charge in [-0.05, 0) is 30.0 Å². The van der Waals surface area contributed by atoms with Gasteiger partial charge in [0, 0.05) is 12.7 Å². The number of aromatic nitrogens is 2. The van der Waals surface area contributed by atoms with Crippen LogP contribution in [-0.2, 0) is 13.0 Å². The Morgan fingerprint density at radius 3 is 2.72 bits per heavy atom. The quantitative estimate of drug-likeness (QED) is 0.877. The van der Waals surface area contributed by atoms with E-state index in [4.69, 9.17) is 5.73 Å². The summed E-state index contributed by atoms with van der Waals surface area (Å²) in [5.41, 5.74) is 10.0. The lowest BCUT2D eigenvalue weighted by Gasteiger charge is -2.17. The summed E-state index contributed by atoms with van der Waals surface area (Å²) in [6, 6.07) is 10.3.